The lowest BCUT2D eigenvalue weighted by atomic mass is 9.92. The Hall–Kier alpha value is -1.88. The second kappa shape index (κ2) is 9.30. The molecule has 0 saturated carbocycles. The van der Waals surface area contributed by atoms with Crippen LogP contribution in [0.3, 0.4) is 0 Å². The van der Waals surface area contributed by atoms with Crippen LogP contribution in [0.2, 0.25) is 0 Å². The zero-order chi connectivity index (χ0) is 17.4. The number of alkyl carbamates (subject to hydrolysis) is 1. The summed E-state index contributed by atoms with van der Waals surface area (Å²) in [4.78, 5) is 22.7. The van der Waals surface area contributed by atoms with Crippen molar-refractivity contribution >= 4 is 12.0 Å². The molecule has 1 aromatic rings. The Bertz CT molecular complexity index is 512. The molecule has 0 fully saturated rings. The normalized spacial score (nSPS) is 13.5. The molecular weight excluding hydrogens is 292 g/mol. The average Bonchev–Trinajstić information content (AvgIpc) is 2.54. The third-order valence-corrected chi connectivity index (χ3v) is 4.05. The van der Waals surface area contributed by atoms with Crippen molar-refractivity contribution in [3.8, 4) is 0 Å². The van der Waals surface area contributed by atoms with E-state index in [2.05, 4.69) is 67.3 Å². The summed E-state index contributed by atoms with van der Waals surface area (Å²) in [5, 5.41) is 5.35. The first-order chi connectivity index (χ1) is 10.9. The monoisotopic (exact) mass is 320 g/mol. The van der Waals surface area contributed by atoms with Crippen LogP contribution in [-0.4, -0.2) is 25.7 Å². The predicted molar refractivity (Wildman–Crippen MR) is 91.3 cm³/mol. The fourth-order valence-electron chi connectivity index (χ4n) is 2.42. The number of benzene rings is 1. The van der Waals surface area contributed by atoms with E-state index in [1.54, 1.807) is 0 Å². The minimum absolute atomic E-state index is 0.0457. The number of methoxy groups -OCH3 is 1. The molecular formula is C18H28N2O3. The van der Waals surface area contributed by atoms with Crippen LogP contribution < -0.4 is 10.6 Å². The molecule has 0 aliphatic heterocycles. The largest absolute Gasteiger partial charge is 0.453 e. The van der Waals surface area contributed by atoms with E-state index >= 15 is 0 Å². The third-order valence-electron chi connectivity index (χ3n) is 4.05. The van der Waals surface area contributed by atoms with Crippen molar-refractivity contribution in [3.63, 3.8) is 0 Å². The van der Waals surface area contributed by atoms with Gasteiger partial charge in [0.1, 0.15) is 0 Å². The van der Waals surface area contributed by atoms with Gasteiger partial charge in [0, 0.05) is 6.04 Å². The van der Waals surface area contributed by atoms with Crippen molar-refractivity contribution in [2.45, 2.75) is 46.1 Å². The maximum absolute atomic E-state index is 11.7. The second-order valence-electron chi connectivity index (χ2n) is 6.12. The summed E-state index contributed by atoms with van der Waals surface area (Å²) >= 11 is 0. The van der Waals surface area contributed by atoms with Crippen molar-refractivity contribution in [2.75, 3.05) is 13.7 Å². The number of nitrogens with one attached hydrogen (secondary N) is 2. The highest BCUT2D eigenvalue weighted by molar-refractivity contribution is 5.92. The summed E-state index contributed by atoms with van der Waals surface area (Å²) in [5.74, 6) is 0.453. The predicted octanol–water partition coefficient (Wildman–Crippen LogP) is 3.37. The molecule has 5 heteroatoms. The molecule has 0 spiro atoms. The quantitative estimate of drug-likeness (QED) is 0.808. The van der Waals surface area contributed by atoms with Crippen LogP contribution in [0.15, 0.2) is 24.3 Å². The van der Waals surface area contributed by atoms with Crippen LogP contribution in [0.4, 0.5) is 4.79 Å². The molecule has 23 heavy (non-hydrogen) atoms. The Morgan fingerprint density at radius 2 is 1.65 bits per heavy atom. The minimum atomic E-state index is -0.740. The van der Waals surface area contributed by atoms with Gasteiger partial charge in [0.2, 0.25) is 5.91 Å². The number of amides is 2. The van der Waals surface area contributed by atoms with Gasteiger partial charge in [-0.25, -0.2) is 4.79 Å². The SMILES string of the molecule is CC[C@@H](C)c1ccc([C@@H](NCC(=O)NC(=O)OC)C(C)C)cc1. The molecule has 2 amide bonds. The fraction of sp³-hybridized carbons (Fsp3) is 0.556. The molecule has 0 bridgehead atoms. The van der Waals surface area contributed by atoms with Gasteiger partial charge in [-0.2, -0.15) is 0 Å². The van der Waals surface area contributed by atoms with E-state index in [1.807, 2.05) is 0 Å². The lowest BCUT2D eigenvalue weighted by Gasteiger charge is -2.23. The first-order valence-electron chi connectivity index (χ1n) is 8.10. The maximum Gasteiger partial charge on any atom is 0.413 e. The number of hydrogen-bond acceptors (Lipinski definition) is 4. The fourth-order valence-corrected chi connectivity index (χ4v) is 2.42. The number of imide groups is 1. The van der Waals surface area contributed by atoms with Gasteiger partial charge in [0.05, 0.1) is 13.7 Å². The number of hydrogen-bond donors (Lipinski definition) is 2. The standard InChI is InChI=1S/C18H28N2O3/c1-6-13(4)14-7-9-15(10-8-14)17(12(2)3)19-11-16(21)20-18(22)23-5/h7-10,12-13,17,19H,6,11H2,1-5H3,(H,20,21,22)/t13-,17+/m1/s1. The van der Waals surface area contributed by atoms with Gasteiger partial charge in [-0.05, 0) is 29.4 Å². The maximum atomic E-state index is 11.7. The first-order valence-corrected chi connectivity index (χ1v) is 8.10. The lowest BCUT2D eigenvalue weighted by Crippen LogP contribution is -2.39. The van der Waals surface area contributed by atoms with E-state index in [4.69, 9.17) is 0 Å². The molecule has 5 nitrogen and oxygen atoms in total. The van der Waals surface area contributed by atoms with Gasteiger partial charge in [-0.3, -0.25) is 10.1 Å². The first kappa shape index (κ1) is 19.2. The summed E-state index contributed by atoms with van der Waals surface area (Å²) in [6.07, 6.45) is 0.370. The summed E-state index contributed by atoms with van der Waals surface area (Å²) in [6, 6.07) is 8.56. The Morgan fingerprint density at radius 1 is 1.09 bits per heavy atom. The molecule has 1 aromatic carbocycles. The van der Waals surface area contributed by atoms with E-state index in [-0.39, 0.29) is 12.6 Å². The molecule has 0 radical (unpaired) electrons. The van der Waals surface area contributed by atoms with Crippen LogP contribution in [0, 0.1) is 5.92 Å². The Balaban J connectivity index is 2.71. The van der Waals surface area contributed by atoms with Crippen LogP contribution in [-0.2, 0) is 9.53 Å². The molecule has 0 saturated heterocycles. The molecule has 0 unspecified atom stereocenters. The van der Waals surface area contributed by atoms with E-state index in [9.17, 15) is 9.59 Å². The lowest BCUT2D eigenvalue weighted by molar-refractivity contribution is -0.119. The molecule has 0 aliphatic carbocycles. The zero-order valence-corrected chi connectivity index (χ0v) is 14.7. The van der Waals surface area contributed by atoms with E-state index < -0.39 is 12.0 Å². The van der Waals surface area contributed by atoms with Gasteiger partial charge in [0.15, 0.2) is 0 Å². The third kappa shape index (κ3) is 6.02. The Kier molecular flexibility index (Phi) is 7.75. The molecule has 128 valence electrons. The molecule has 0 aliphatic rings. The summed E-state index contributed by atoms with van der Waals surface area (Å²) in [6.45, 7) is 8.64. The van der Waals surface area contributed by atoms with Crippen LogP contribution >= 0.6 is 0 Å². The number of carbonyl (C=O) groups excluding carboxylic acids is 2. The van der Waals surface area contributed by atoms with Crippen molar-refractivity contribution in [1.82, 2.24) is 10.6 Å². The molecule has 2 N–H and O–H groups in total. The van der Waals surface area contributed by atoms with Crippen molar-refractivity contribution < 1.29 is 14.3 Å². The van der Waals surface area contributed by atoms with Crippen LogP contribution in [0.25, 0.3) is 0 Å². The highest BCUT2D eigenvalue weighted by Crippen LogP contribution is 2.25. The molecule has 0 aromatic heterocycles. The summed E-state index contributed by atoms with van der Waals surface area (Å²) < 4.78 is 4.41. The van der Waals surface area contributed by atoms with Crippen molar-refractivity contribution in [1.29, 1.82) is 0 Å². The smallest absolute Gasteiger partial charge is 0.413 e. The van der Waals surface area contributed by atoms with Gasteiger partial charge >= 0.3 is 6.09 Å². The van der Waals surface area contributed by atoms with E-state index in [0.29, 0.717) is 11.8 Å². The van der Waals surface area contributed by atoms with E-state index in [1.165, 1.54) is 12.7 Å². The molecule has 2 atom stereocenters. The number of ether oxygens (including phenoxy) is 1. The van der Waals surface area contributed by atoms with Crippen LogP contribution in [0.5, 0.6) is 0 Å². The topological polar surface area (TPSA) is 67.4 Å². The minimum Gasteiger partial charge on any atom is -0.453 e. The summed E-state index contributed by atoms with van der Waals surface area (Å²) in [5.41, 5.74) is 2.46. The van der Waals surface area contributed by atoms with Gasteiger partial charge in [-0.15, -0.1) is 0 Å². The highest BCUT2D eigenvalue weighted by atomic mass is 16.5. The average molecular weight is 320 g/mol. The molecule has 0 heterocycles. The van der Waals surface area contributed by atoms with Gasteiger partial charge in [0.25, 0.3) is 0 Å². The second-order valence-corrected chi connectivity index (χ2v) is 6.12. The molecule has 1 rings (SSSR count). The Morgan fingerprint density at radius 3 is 2.13 bits per heavy atom. The number of carbonyl (C=O) groups is 2. The highest BCUT2D eigenvalue weighted by Gasteiger charge is 2.17. The van der Waals surface area contributed by atoms with E-state index in [0.717, 1.165) is 12.0 Å². The van der Waals surface area contributed by atoms with Crippen molar-refractivity contribution in [3.05, 3.63) is 35.4 Å². The van der Waals surface area contributed by atoms with Gasteiger partial charge in [-0.1, -0.05) is 52.0 Å². The van der Waals surface area contributed by atoms with Gasteiger partial charge < -0.3 is 10.1 Å². The summed E-state index contributed by atoms with van der Waals surface area (Å²) in [7, 11) is 1.23. The van der Waals surface area contributed by atoms with Crippen molar-refractivity contribution in [2.24, 2.45) is 5.92 Å². The zero-order valence-electron chi connectivity index (χ0n) is 14.7. The van der Waals surface area contributed by atoms with Crippen LogP contribution in [0.1, 0.15) is 57.2 Å². The Labute approximate surface area is 138 Å². The number of rotatable bonds is 7.